The van der Waals surface area contributed by atoms with Crippen LogP contribution in [0.2, 0.25) is 0 Å². The number of anilines is 1. The number of benzene rings is 2. The first kappa shape index (κ1) is 17.2. The van der Waals surface area contributed by atoms with Crippen molar-refractivity contribution in [2.45, 2.75) is 24.2 Å². The molecule has 0 bridgehead atoms. The van der Waals surface area contributed by atoms with Crippen molar-refractivity contribution in [1.29, 1.82) is 0 Å². The lowest BCUT2D eigenvalue weighted by Gasteiger charge is -2.13. The van der Waals surface area contributed by atoms with Crippen LogP contribution in [0.5, 0.6) is 0 Å². The second kappa shape index (κ2) is 7.11. The minimum absolute atomic E-state index is 0.217. The molecule has 5 nitrogen and oxygen atoms in total. The fourth-order valence-electron chi connectivity index (χ4n) is 2.95. The third-order valence-corrected chi connectivity index (χ3v) is 5.57. The lowest BCUT2D eigenvalue weighted by Crippen LogP contribution is -2.25. The molecule has 0 saturated heterocycles. The van der Waals surface area contributed by atoms with E-state index in [2.05, 4.69) is 16.6 Å². The van der Waals surface area contributed by atoms with E-state index in [1.807, 2.05) is 6.07 Å². The van der Waals surface area contributed by atoms with Crippen LogP contribution in [0.25, 0.3) is 0 Å². The second-order valence-corrected chi connectivity index (χ2v) is 7.62. The van der Waals surface area contributed by atoms with Crippen LogP contribution in [0, 0.1) is 0 Å². The van der Waals surface area contributed by atoms with Gasteiger partial charge in [-0.05, 0) is 54.7 Å². The fourth-order valence-corrected chi connectivity index (χ4v) is 4.08. The largest absolute Gasteiger partial charge is 0.349 e. The van der Waals surface area contributed by atoms with Crippen molar-refractivity contribution >= 4 is 21.6 Å². The highest BCUT2D eigenvalue weighted by atomic mass is 32.2. The zero-order chi connectivity index (χ0) is 17.9. The molecule has 6 heteroatoms. The van der Waals surface area contributed by atoms with Crippen LogP contribution in [0.3, 0.4) is 0 Å². The van der Waals surface area contributed by atoms with E-state index >= 15 is 0 Å². The fraction of sp³-hybridized carbons (Fsp3) is 0.211. The average molecular weight is 356 g/mol. The lowest BCUT2D eigenvalue weighted by molar-refractivity contribution is 0.0959. The predicted molar refractivity (Wildman–Crippen MR) is 98.2 cm³/mol. The van der Waals surface area contributed by atoms with Crippen LogP contribution in [-0.4, -0.2) is 20.9 Å². The molecule has 2 aromatic rings. The van der Waals surface area contributed by atoms with Gasteiger partial charge in [-0.2, -0.15) is 0 Å². The summed E-state index contributed by atoms with van der Waals surface area (Å²) >= 11 is 0. The van der Waals surface area contributed by atoms with E-state index < -0.39 is 10.0 Å². The molecule has 2 aromatic carbocycles. The zero-order valence-corrected chi connectivity index (χ0v) is 14.6. The van der Waals surface area contributed by atoms with Crippen molar-refractivity contribution in [3.8, 4) is 0 Å². The summed E-state index contributed by atoms with van der Waals surface area (Å²) in [5, 5.41) is 2.66. The van der Waals surface area contributed by atoms with Crippen LogP contribution >= 0.6 is 0 Å². The Morgan fingerprint density at radius 3 is 2.68 bits per heavy atom. The van der Waals surface area contributed by atoms with Gasteiger partial charge < -0.3 is 5.32 Å². The van der Waals surface area contributed by atoms with Crippen molar-refractivity contribution in [3.63, 3.8) is 0 Å². The Kier molecular flexibility index (Phi) is 4.90. The van der Waals surface area contributed by atoms with E-state index in [1.165, 1.54) is 5.56 Å². The van der Waals surface area contributed by atoms with E-state index in [1.54, 1.807) is 42.5 Å². The standard InChI is InChI=1S/C19H20N2O3S/c1-2-12-20-19(22)17-8-3-4-9-18(17)21-25(23,24)16-11-10-14-6-5-7-15(14)13-16/h2-4,8-11,13,21H,1,5-7,12H2,(H,20,22). The number of rotatable bonds is 6. The number of aryl methyl sites for hydroxylation is 2. The van der Waals surface area contributed by atoms with Gasteiger partial charge in [-0.25, -0.2) is 8.42 Å². The molecule has 1 amide bonds. The molecule has 0 aliphatic heterocycles. The Bertz CT molecular complexity index is 920. The number of carbonyl (C=O) groups excluding carboxylic acids is 1. The van der Waals surface area contributed by atoms with E-state index in [4.69, 9.17) is 0 Å². The first-order chi connectivity index (χ1) is 12.0. The summed E-state index contributed by atoms with van der Waals surface area (Å²) in [6.07, 6.45) is 4.52. The van der Waals surface area contributed by atoms with Crippen LogP contribution < -0.4 is 10.0 Å². The monoisotopic (exact) mass is 356 g/mol. The molecule has 25 heavy (non-hydrogen) atoms. The molecule has 1 aliphatic rings. The summed E-state index contributed by atoms with van der Waals surface area (Å²) in [5.41, 5.74) is 2.82. The number of carbonyl (C=O) groups is 1. The zero-order valence-electron chi connectivity index (χ0n) is 13.8. The summed E-state index contributed by atoms with van der Waals surface area (Å²) in [6, 6.07) is 11.8. The average Bonchev–Trinajstić information content (AvgIpc) is 3.07. The molecule has 0 unspecified atom stereocenters. The van der Waals surface area contributed by atoms with Gasteiger partial charge in [-0.3, -0.25) is 9.52 Å². The van der Waals surface area contributed by atoms with Gasteiger partial charge in [0.15, 0.2) is 0 Å². The van der Waals surface area contributed by atoms with Crippen molar-refractivity contribution < 1.29 is 13.2 Å². The molecular formula is C19H20N2O3S. The van der Waals surface area contributed by atoms with Crippen molar-refractivity contribution in [1.82, 2.24) is 5.32 Å². The first-order valence-corrected chi connectivity index (χ1v) is 9.62. The minimum Gasteiger partial charge on any atom is -0.349 e. The number of amides is 1. The minimum atomic E-state index is -3.76. The molecule has 0 saturated carbocycles. The van der Waals surface area contributed by atoms with Gasteiger partial charge in [-0.15, -0.1) is 6.58 Å². The van der Waals surface area contributed by atoms with Gasteiger partial charge >= 0.3 is 0 Å². The number of sulfonamides is 1. The lowest BCUT2D eigenvalue weighted by atomic mass is 10.1. The Labute approximate surface area is 147 Å². The second-order valence-electron chi connectivity index (χ2n) is 5.93. The maximum Gasteiger partial charge on any atom is 0.261 e. The van der Waals surface area contributed by atoms with Crippen LogP contribution in [0.15, 0.2) is 60.0 Å². The van der Waals surface area contributed by atoms with Crippen LogP contribution in [0.4, 0.5) is 5.69 Å². The molecular weight excluding hydrogens is 336 g/mol. The Morgan fingerprint density at radius 1 is 1.12 bits per heavy atom. The highest BCUT2D eigenvalue weighted by molar-refractivity contribution is 7.92. The van der Waals surface area contributed by atoms with Crippen molar-refractivity contribution in [3.05, 3.63) is 71.8 Å². The number of hydrogen-bond acceptors (Lipinski definition) is 3. The maximum absolute atomic E-state index is 12.7. The summed E-state index contributed by atoms with van der Waals surface area (Å²) in [7, 11) is -3.76. The number of nitrogens with one attached hydrogen (secondary N) is 2. The molecule has 0 heterocycles. The molecule has 0 radical (unpaired) electrons. The van der Waals surface area contributed by atoms with Gasteiger partial charge in [-0.1, -0.05) is 24.3 Å². The molecule has 0 atom stereocenters. The quantitative estimate of drug-likeness (QED) is 0.782. The SMILES string of the molecule is C=CCNC(=O)c1ccccc1NS(=O)(=O)c1ccc2c(c1)CCC2. The Morgan fingerprint density at radius 2 is 1.88 bits per heavy atom. The number of hydrogen-bond donors (Lipinski definition) is 2. The van der Waals surface area contributed by atoms with Crippen molar-refractivity contribution in [2.24, 2.45) is 0 Å². The highest BCUT2D eigenvalue weighted by Gasteiger charge is 2.20. The molecule has 3 rings (SSSR count). The number of para-hydroxylation sites is 1. The summed E-state index contributed by atoms with van der Waals surface area (Å²) in [5.74, 6) is -0.354. The third kappa shape index (κ3) is 3.74. The van der Waals surface area contributed by atoms with Gasteiger partial charge in [0.05, 0.1) is 16.1 Å². The Balaban J connectivity index is 1.89. The Hall–Kier alpha value is -2.60. The van der Waals surface area contributed by atoms with Crippen molar-refractivity contribution in [2.75, 3.05) is 11.3 Å². The predicted octanol–water partition coefficient (Wildman–Crippen LogP) is 2.89. The first-order valence-electron chi connectivity index (χ1n) is 8.14. The summed E-state index contributed by atoms with van der Waals surface area (Å²) in [6.45, 7) is 3.86. The smallest absolute Gasteiger partial charge is 0.261 e. The van der Waals surface area contributed by atoms with Crippen LogP contribution in [0.1, 0.15) is 27.9 Å². The van der Waals surface area contributed by atoms with E-state index in [0.29, 0.717) is 6.54 Å². The molecule has 0 fully saturated rings. The van der Waals surface area contributed by atoms with Crippen LogP contribution in [-0.2, 0) is 22.9 Å². The summed E-state index contributed by atoms with van der Waals surface area (Å²) in [4.78, 5) is 12.4. The summed E-state index contributed by atoms with van der Waals surface area (Å²) < 4.78 is 28.0. The van der Waals surface area contributed by atoms with Gasteiger partial charge in [0.25, 0.3) is 15.9 Å². The third-order valence-electron chi connectivity index (χ3n) is 4.20. The van der Waals surface area contributed by atoms with Gasteiger partial charge in [0.1, 0.15) is 0 Å². The molecule has 0 aromatic heterocycles. The molecule has 1 aliphatic carbocycles. The normalized spacial score (nSPS) is 13.1. The highest BCUT2D eigenvalue weighted by Crippen LogP contribution is 2.26. The van der Waals surface area contributed by atoms with E-state index in [-0.39, 0.29) is 22.1 Å². The molecule has 2 N–H and O–H groups in total. The molecule has 130 valence electrons. The molecule has 0 spiro atoms. The topological polar surface area (TPSA) is 75.3 Å². The van der Waals surface area contributed by atoms with Gasteiger partial charge in [0.2, 0.25) is 0 Å². The maximum atomic E-state index is 12.7. The van der Waals surface area contributed by atoms with E-state index in [9.17, 15) is 13.2 Å². The number of fused-ring (bicyclic) bond motifs is 1. The van der Waals surface area contributed by atoms with Gasteiger partial charge in [0, 0.05) is 6.54 Å². The van der Waals surface area contributed by atoms with E-state index in [0.717, 1.165) is 24.8 Å².